The number of nitrogens with zero attached hydrogens (tertiary/aromatic N) is 1. The fraction of sp³-hybridized carbons (Fsp3) is 0.111. The van der Waals surface area contributed by atoms with E-state index in [0.29, 0.717) is 11.3 Å². The molecule has 0 radical (unpaired) electrons. The van der Waals surface area contributed by atoms with Crippen LogP contribution in [0, 0.1) is 5.82 Å². The van der Waals surface area contributed by atoms with E-state index >= 15 is 0 Å². The average molecular weight is 439 g/mol. The first-order valence-electron chi connectivity index (χ1n) is 8.22. The van der Waals surface area contributed by atoms with Crippen molar-refractivity contribution in [2.75, 3.05) is 11.8 Å². The van der Waals surface area contributed by atoms with E-state index in [0.717, 1.165) is 6.20 Å². The van der Waals surface area contributed by atoms with Gasteiger partial charge in [-0.05, 0) is 42.0 Å². The minimum absolute atomic E-state index is 0.0232. The Morgan fingerprint density at radius 1 is 1.24 bits per heavy atom. The van der Waals surface area contributed by atoms with Crippen molar-refractivity contribution >= 4 is 33.2 Å². The van der Waals surface area contributed by atoms with Crippen LogP contribution in [0.25, 0.3) is 0 Å². The number of hydrogen-bond donors (Lipinski definition) is 3. The molecule has 8 nitrogen and oxygen atoms in total. The molecule has 3 N–H and O–H groups in total. The lowest BCUT2D eigenvalue weighted by atomic mass is 10.2. The molecule has 1 heterocycles. The number of amides is 1. The summed E-state index contributed by atoms with van der Waals surface area (Å²) < 4.78 is 45.9. The number of rotatable bonds is 7. The third kappa shape index (κ3) is 4.84. The quantitative estimate of drug-likeness (QED) is 0.525. The van der Waals surface area contributed by atoms with Gasteiger partial charge in [-0.3, -0.25) is 14.6 Å². The van der Waals surface area contributed by atoms with Gasteiger partial charge in [0.2, 0.25) is 0 Å². The maximum Gasteiger partial charge on any atom is 0.279 e. The van der Waals surface area contributed by atoms with Gasteiger partial charge in [-0.15, -0.1) is 0 Å². The number of halogens is 2. The van der Waals surface area contributed by atoms with Gasteiger partial charge < -0.3 is 10.1 Å². The van der Waals surface area contributed by atoms with Crippen molar-refractivity contribution in [2.45, 2.75) is 11.6 Å². The van der Waals surface area contributed by atoms with Crippen molar-refractivity contribution in [3.05, 3.63) is 70.6 Å². The molecule has 0 spiro atoms. The number of aromatic amines is 1. The molecule has 29 heavy (non-hydrogen) atoms. The fourth-order valence-corrected chi connectivity index (χ4v) is 3.79. The molecular formula is C18H16ClFN4O4S. The van der Waals surface area contributed by atoms with Gasteiger partial charge in [0.1, 0.15) is 11.6 Å². The van der Waals surface area contributed by atoms with E-state index in [9.17, 15) is 17.6 Å². The molecule has 0 fully saturated rings. The second-order valence-corrected chi connectivity index (χ2v) is 7.90. The van der Waals surface area contributed by atoms with Gasteiger partial charge in [0.15, 0.2) is 5.03 Å². The second kappa shape index (κ2) is 8.50. The number of benzene rings is 2. The minimum Gasteiger partial charge on any atom is -0.497 e. The lowest BCUT2D eigenvalue weighted by Crippen LogP contribution is -2.25. The Morgan fingerprint density at radius 3 is 2.62 bits per heavy atom. The van der Waals surface area contributed by atoms with Gasteiger partial charge in [-0.1, -0.05) is 17.7 Å². The number of ether oxygens (including phenoxy) is 1. The van der Waals surface area contributed by atoms with E-state index in [1.54, 1.807) is 12.1 Å². The molecule has 3 rings (SSSR count). The van der Waals surface area contributed by atoms with Crippen LogP contribution in [-0.4, -0.2) is 31.6 Å². The van der Waals surface area contributed by atoms with Crippen LogP contribution >= 0.6 is 11.6 Å². The van der Waals surface area contributed by atoms with Crippen LogP contribution in [0.1, 0.15) is 15.9 Å². The molecule has 3 aromatic rings. The highest BCUT2D eigenvalue weighted by atomic mass is 35.5. The van der Waals surface area contributed by atoms with Crippen LogP contribution < -0.4 is 14.8 Å². The van der Waals surface area contributed by atoms with Crippen molar-refractivity contribution in [1.29, 1.82) is 0 Å². The molecule has 11 heteroatoms. The zero-order valence-corrected chi connectivity index (χ0v) is 16.6. The Bertz CT molecular complexity index is 1130. The highest BCUT2D eigenvalue weighted by molar-refractivity contribution is 7.92. The van der Waals surface area contributed by atoms with Crippen LogP contribution in [0.15, 0.2) is 53.7 Å². The van der Waals surface area contributed by atoms with Crippen LogP contribution in [0.3, 0.4) is 0 Å². The van der Waals surface area contributed by atoms with Gasteiger partial charge >= 0.3 is 0 Å². The summed E-state index contributed by atoms with van der Waals surface area (Å²) >= 11 is 5.71. The van der Waals surface area contributed by atoms with Gasteiger partial charge in [0.05, 0.1) is 23.9 Å². The van der Waals surface area contributed by atoms with E-state index < -0.39 is 21.7 Å². The van der Waals surface area contributed by atoms with Crippen LogP contribution in [0.5, 0.6) is 5.75 Å². The summed E-state index contributed by atoms with van der Waals surface area (Å²) in [6.07, 6.45) is 1.11. The normalized spacial score (nSPS) is 11.1. The Morgan fingerprint density at radius 2 is 1.97 bits per heavy atom. The number of carbonyl (C=O) groups excluding carboxylic acids is 1. The fourth-order valence-electron chi connectivity index (χ4n) is 2.43. The number of aromatic nitrogens is 2. The SMILES string of the molecule is COc1ccc(NS(=O)(=O)c2[nH]ncc2C(=O)NCc2ccc(F)c(Cl)c2)cc1. The Labute approximate surface area is 171 Å². The summed E-state index contributed by atoms with van der Waals surface area (Å²) in [5.41, 5.74) is 0.668. The molecule has 1 aromatic heterocycles. The molecule has 0 saturated carbocycles. The van der Waals surface area contributed by atoms with E-state index in [1.165, 1.54) is 37.4 Å². The van der Waals surface area contributed by atoms with Crippen molar-refractivity contribution in [2.24, 2.45) is 0 Å². The van der Waals surface area contributed by atoms with Gasteiger partial charge in [-0.2, -0.15) is 13.5 Å². The third-order valence-electron chi connectivity index (χ3n) is 3.90. The maximum atomic E-state index is 13.2. The lowest BCUT2D eigenvalue weighted by molar-refractivity contribution is 0.0947. The lowest BCUT2D eigenvalue weighted by Gasteiger charge is -2.09. The summed E-state index contributed by atoms with van der Waals surface area (Å²) in [6, 6.07) is 10.2. The van der Waals surface area contributed by atoms with Gasteiger partial charge in [0.25, 0.3) is 15.9 Å². The number of sulfonamides is 1. The van der Waals surface area contributed by atoms with Crippen molar-refractivity contribution in [3.8, 4) is 5.75 Å². The van der Waals surface area contributed by atoms with E-state index in [2.05, 4.69) is 20.2 Å². The average Bonchev–Trinajstić information content (AvgIpc) is 3.20. The molecule has 0 aliphatic rings. The zero-order valence-electron chi connectivity index (χ0n) is 15.1. The highest BCUT2D eigenvalue weighted by Crippen LogP contribution is 2.20. The largest absolute Gasteiger partial charge is 0.497 e. The predicted molar refractivity (Wildman–Crippen MR) is 105 cm³/mol. The van der Waals surface area contributed by atoms with E-state index in [4.69, 9.17) is 16.3 Å². The summed E-state index contributed by atoms with van der Waals surface area (Å²) in [7, 11) is -2.61. The zero-order chi connectivity index (χ0) is 21.0. The Kier molecular flexibility index (Phi) is 6.04. The summed E-state index contributed by atoms with van der Waals surface area (Å²) in [6.45, 7) is 0.0232. The first kappa shape index (κ1) is 20.6. The molecule has 0 saturated heterocycles. The van der Waals surface area contributed by atoms with Crippen molar-refractivity contribution in [3.63, 3.8) is 0 Å². The van der Waals surface area contributed by atoms with Crippen LogP contribution in [0.4, 0.5) is 10.1 Å². The third-order valence-corrected chi connectivity index (χ3v) is 5.54. The summed E-state index contributed by atoms with van der Waals surface area (Å²) in [5.74, 6) is -0.681. The maximum absolute atomic E-state index is 13.2. The van der Waals surface area contributed by atoms with Crippen molar-refractivity contribution in [1.82, 2.24) is 15.5 Å². The first-order chi connectivity index (χ1) is 13.8. The number of hydrogen-bond acceptors (Lipinski definition) is 5. The molecular weight excluding hydrogens is 423 g/mol. The highest BCUT2D eigenvalue weighted by Gasteiger charge is 2.25. The monoisotopic (exact) mass is 438 g/mol. The van der Waals surface area contributed by atoms with E-state index in [1.807, 2.05) is 0 Å². The van der Waals surface area contributed by atoms with E-state index in [-0.39, 0.29) is 27.8 Å². The molecule has 0 aliphatic heterocycles. The topological polar surface area (TPSA) is 113 Å². The van der Waals surface area contributed by atoms with Gasteiger partial charge in [0, 0.05) is 12.2 Å². The molecule has 0 atom stereocenters. The van der Waals surface area contributed by atoms with Crippen molar-refractivity contribution < 1.29 is 22.3 Å². The summed E-state index contributed by atoms with van der Waals surface area (Å²) in [4.78, 5) is 12.4. The van der Waals surface area contributed by atoms with Crippen LogP contribution in [-0.2, 0) is 16.6 Å². The number of nitrogens with one attached hydrogen (secondary N) is 3. The Balaban J connectivity index is 1.74. The number of methoxy groups -OCH3 is 1. The summed E-state index contributed by atoms with van der Waals surface area (Å²) in [5, 5.41) is 8.08. The molecule has 1 amide bonds. The second-order valence-electron chi connectivity index (χ2n) is 5.88. The molecule has 2 aromatic carbocycles. The molecule has 152 valence electrons. The van der Waals surface area contributed by atoms with Gasteiger partial charge in [-0.25, -0.2) is 4.39 Å². The first-order valence-corrected chi connectivity index (χ1v) is 10.1. The minimum atomic E-state index is -4.10. The molecule has 0 unspecified atom stereocenters. The molecule has 0 aliphatic carbocycles. The predicted octanol–water partition coefficient (Wildman–Crippen LogP) is 2.94. The standard InChI is InChI=1S/C18H16ClFN4O4S/c1-28-13-5-3-12(4-6-13)24-29(26,27)18-14(10-22-23-18)17(25)21-9-11-2-7-16(20)15(19)8-11/h2-8,10,24H,9H2,1H3,(H,21,25)(H,22,23). The smallest absolute Gasteiger partial charge is 0.279 e. The molecule has 0 bridgehead atoms. The number of anilines is 1. The number of carbonyl (C=O) groups is 1. The Hall–Kier alpha value is -3.11. The number of H-pyrrole nitrogens is 1. The van der Waals surface area contributed by atoms with Crippen LogP contribution in [0.2, 0.25) is 5.02 Å².